The van der Waals surface area contributed by atoms with Gasteiger partial charge in [-0.05, 0) is 38.1 Å². The van der Waals surface area contributed by atoms with Crippen molar-refractivity contribution in [3.8, 4) is 0 Å². The zero-order chi connectivity index (χ0) is 13.4. The maximum absolute atomic E-state index is 5.72. The van der Waals surface area contributed by atoms with Gasteiger partial charge in [-0.25, -0.2) is 4.42 Å². The highest BCUT2D eigenvalue weighted by Gasteiger charge is 2.27. The molecule has 2 aromatic heterocycles. The molecule has 0 fully saturated rings. The van der Waals surface area contributed by atoms with Crippen molar-refractivity contribution < 1.29 is 13.3 Å². The van der Waals surface area contributed by atoms with Gasteiger partial charge in [0.15, 0.2) is 5.57 Å². The van der Waals surface area contributed by atoms with Crippen LogP contribution in [0.3, 0.4) is 0 Å². The third-order valence-electron chi connectivity index (χ3n) is 2.96. The number of furan rings is 2. The molecule has 0 atom stereocenters. The quantitative estimate of drug-likeness (QED) is 0.762. The number of rotatable bonds is 2. The molecule has 2 aromatic rings. The number of allylic oxidation sites excluding steroid dienone is 2. The van der Waals surface area contributed by atoms with Gasteiger partial charge >= 0.3 is 11.5 Å². The molecule has 3 rings (SSSR count). The zero-order valence-corrected chi connectivity index (χ0v) is 11.2. The van der Waals surface area contributed by atoms with Gasteiger partial charge in [0.2, 0.25) is 0 Å². The molecule has 19 heavy (non-hydrogen) atoms. The van der Waals surface area contributed by atoms with Crippen molar-refractivity contribution in [2.24, 2.45) is 0 Å². The van der Waals surface area contributed by atoms with Gasteiger partial charge in [0.25, 0.3) is 0 Å². The lowest BCUT2D eigenvalue weighted by atomic mass is 10.1. The second-order valence-electron chi connectivity index (χ2n) is 4.61. The van der Waals surface area contributed by atoms with Crippen molar-refractivity contribution >= 4 is 11.4 Å². The van der Waals surface area contributed by atoms with E-state index in [9.17, 15) is 0 Å². The molecule has 0 N–H and O–H groups in total. The third kappa shape index (κ3) is 2.19. The van der Waals surface area contributed by atoms with Gasteiger partial charge in [0, 0.05) is 6.08 Å². The van der Waals surface area contributed by atoms with Crippen LogP contribution < -0.4 is 0 Å². The smallest absolute Gasteiger partial charge is 0.368 e. The molecule has 96 valence electrons. The fourth-order valence-electron chi connectivity index (χ4n) is 2.07. The minimum Gasteiger partial charge on any atom is -0.461 e. The molecular formula is C16H15O3+. The maximum Gasteiger partial charge on any atom is 0.368 e. The summed E-state index contributed by atoms with van der Waals surface area (Å²) in [5.41, 5.74) is 0.842. The lowest BCUT2D eigenvalue weighted by Crippen LogP contribution is -1.90. The Morgan fingerprint density at radius 3 is 1.79 bits per heavy atom. The monoisotopic (exact) mass is 255 g/mol. The lowest BCUT2D eigenvalue weighted by Gasteiger charge is -1.97. The highest BCUT2D eigenvalue weighted by Crippen LogP contribution is 2.31. The van der Waals surface area contributed by atoms with Gasteiger partial charge in [-0.2, -0.15) is 0 Å². The predicted molar refractivity (Wildman–Crippen MR) is 72.7 cm³/mol. The summed E-state index contributed by atoms with van der Waals surface area (Å²) in [5.74, 6) is 4.83. The second-order valence-corrected chi connectivity index (χ2v) is 4.61. The van der Waals surface area contributed by atoms with Crippen LogP contribution in [0.4, 0.5) is 0 Å². The maximum atomic E-state index is 5.72. The molecule has 0 radical (unpaired) electrons. The first-order valence-corrected chi connectivity index (χ1v) is 6.21. The van der Waals surface area contributed by atoms with Gasteiger partial charge in [0.05, 0.1) is 13.0 Å². The number of hydrogen-bond acceptors (Lipinski definition) is 2. The fraction of sp³-hybridized carbons (Fsp3) is 0.188. The molecule has 0 saturated heterocycles. The normalized spacial score (nSPS) is 14.1. The molecule has 3 nitrogen and oxygen atoms in total. The van der Waals surface area contributed by atoms with Crippen LogP contribution in [0, 0.1) is 13.8 Å². The van der Waals surface area contributed by atoms with Gasteiger partial charge in [-0.1, -0.05) is 0 Å². The lowest BCUT2D eigenvalue weighted by molar-refractivity contribution is -0.385. The Balaban J connectivity index is 2.20. The van der Waals surface area contributed by atoms with Crippen molar-refractivity contribution in [2.45, 2.75) is 20.8 Å². The number of ketones is 1. The van der Waals surface area contributed by atoms with Crippen LogP contribution >= 0.6 is 0 Å². The summed E-state index contributed by atoms with van der Waals surface area (Å²) in [6.45, 7) is 5.76. The first kappa shape index (κ1) is 11.8. The summed E-state index contributed by atoms with van der Waals surface area (Å²) >= 11 is 0. The second kappa shape index (κ2) is 4.43. The summed E-state index contributed by atoms with van der Waals surface area (Å²) in [6.07, 6.45) is 3.86. The molecule has 0 amide bonds. The summed E-state index contributed by atoms with van der Waals surface area (Å²) in [4.78, 5) is 0. The average Bonchev–Trinajstić information content (AvgIpc) is 3.05. The molecule has 0 aromatic carbocycles. The van der Waals surface area contributed by atoms with Crippen LogP contribution in [0.15, 0.2) is 51.0 Å². The summed E-state index contributed by atoms with van der Waals surface area (Å²) in [6, 6.07) is 7.72. The van der Waals surface area contributed by atoms with E-state index in [4.69, 9.17) is 13.3 Å². The number of aryl methyl sites for hydroxylation is 2. The summed E-state index contributed by atoms with van der Waals surface area (Å²) < 4.78 is 17.1. The van der Waals surface area contributed by atoms with E-state index in [1.54, 1.807) is 0 Å². The van der Waals surface area contributed by atoms with Crippen LogP contribution in [-0.4, -0.2) is 5.78 Å². The minimum absolute atomic E-state index is 0.751. The van der Waals surface area contributed by atoms with E-state index < -0.39 is 0 Å². The van der Waals surface area contributed by atoms with E-state index in [0.29, 0.717) is 0 Å². The van der Waals surface area contributed by atoms with Crippen LogP contribution in [0.25, 0.3) is 5.57 Å². The Bertz CT molecular complexity index is 666. The fourth-order valence-corrected chi connectivity index (χ4v) is 2.07. The largest absolute Gasteiger partial charge is 0.461 e. The van der Waals surface area contributed by atoms with E-state index in [1.807, 2.05) is 57.2 Å². The Morgan fingerprint density at radius 1 is 0.842 bits per heavy atom. The predicted octanol–water partition coefficient (Wildman–Crippen LogP) is 3.94. The van der Waals surface area contributed by atoms with E-state index >= 15 is 0 Å². The highest BCUT2D eigenvalue weighted by molar-refractivity contribution is 5.92. The molecule has 3 heterocycles. The molecule has 0 unspecified atom stereocenters. The zero-order valence-electron chi connectivity index (χ0n) is 11.2. The average molecular weight is 255 g/mol. The van der Waals surface area contributed by atoms with E-state index in [2.05, 4.69) is 0 Å². The SMILES string of the molecule is CC1=[O+]C(=C(c2ccc(C)o2)c2ccc(C)o2)C=C1. The third-order valence-corrected chi connectivity index (χ3v) is 2.96. The summed E-state index contributed by atoms with van der Waals surface area (Å²) in [5, 5.41) is 0. The van der Waals surface area contributed by atoms with Crippen molar-refractivity contribution in [1.82, 2.24) is 0 Å². The van der Waals surface area contributed by atoms with Crippen LogP contribution in [0.2, 0.25) is 0 Å². The number of hydrogen-bond donors (Lipinski definition) is 0. The van der Waals surface area contributed by atoms with Crippen molar-refractivity contribution in [2.75, 3.05) is 0 Å². The standard InChI is InChI=1S/C16H15O3/c1-10-4-7-13(17-10)16(14-8-5-11(2)18-14)15-9-6-12(3)19-15/h4-9H,1-3H3/q+1. The van der Waals surface area contributed by atoms with E-state index in [0.717, 1.165) is 40.2 Å². The molecule has 1 aliphatic heterocycles. The highest BCUT2D eigenvalue weighted by atomic mass is 16.4. The molecular weight excluding hydrogens is 240 g/mol. The Kier molecular flexibility index (Phi) is 2.75. The number of carbonyl (C=O) groups excluding carboxylic acids is 1. The molecule has 0 spiro atoms. The van der Waals surface area contributed by atoms with Crippen molar-refractivity contribution in [3.05, 3.63) is 65.2 Å². The van der Waals surface area contributed by atoms with Crippen molar-refractivity contribution in [3.63, 3.8) is 0 Å². The minimum atomic E-state index is 0.751. The summed E-state index contributed by atoms with van der Waals surface area (Å²) in [7, 11) is 0. The molecule has 1 aliphatic rings. The molecule has 0 saturated carbocycles. The Labute approximate surface area is 111 Å². The van der Waals surface area contributed by atoms with E-state index in [-0.39, 0.29) is 0 Å². The van der Waals surface area contributed by atoms with Gasteiger partial charge in [-0.15, -0.1) is 0 Å². The first-order valence-electron chi connectivity index (χ1n) is 6.21. The Hall–Kier alpha value is -2.29. The van der Waals surface area contributed by atoms with Gasteiger partial charge < -0.3 is 8.83 Å². The van der Waals surface area contributed by atoms with Crippen molar-refractivity contribution in [1.29, 1.82) is 0 Å². The topological polar surface area (TPSA) is 37.6 Å². The van der Waals surface area contributed by atoms with Gasteiger partial charge in [0.1, 0.15) is 23.0 Å². The Morgan fingerprint density at radius 2 is 1.42 bits per heavy atom. The van der Waals surface area contributed by atoms with Crippen LogP contribution in [0.5, 0.6) is 0 Å². The first-order chi connectivity index (χ1) is 9.13. The molecule has 0 aliphatic carbocycles. The van der Waals surface area contributed by atoms with E-state index in [1.165, 1.54) is 0 Å². The van der Waals surface area contributed by atoms with Gasteiger partial charge in [-0.3, -0.25) is 0 Å². The molecule has 0 bridgehead atoms. The molecule has 3 heteroatoms. The van der Waals surface area contributed by atoms with Crippen LogP contribution in [0.1, 0.15) is 30.0 Å². The van der Waals surface area contributed by atoms with Crippen LogP contribution in [-0.2, 0) is 4.42 Å².